The number of hydrogen-bond acceptors (Lipinski definition) is 2. The summed E-state index contributed by atoms with van der Waals surface area (Å²) < 4.78 is 1.79. The van der Waals surface area contributed by atoms with E-state index in [1.807, 2.05) is 0 Å². The third kappa shape index (κ3) is 1.22. The molecule has 0 aliphatic rings. The molecule has 0 amide bonds. The van der Waals surface area contributed by atoms with Crippen LogP contribution in [0, 0.1) is 0 Å². The van der Waals surface area contributed by atoms with Crippen molar-refractivity contribution in [3.8, 4) is 0 Å². The number of nitrogens with zero attached hydrogens (tertiary/aromatic N) is 2. The van der Waals surface area contributed by atoms with Crippen LogP contribution in [0.15, 0.2) is 12.3 Å². The minimum atomic E-state index is 0.747. The molecule has 0 aliphatic heterocycles. The number of aryl methyl sites for hydroxylation is 1. The predicted molar refractivity (Wildman–Crippen MR) is 36.9 cm³/mol. The van der Waals surface area contributed by atoms with Crippen LogP contribution < -0.4 is 5.73 Å². The van der Waals surface area contributed by atoms with Crippen LogP contribution in [-0.2, 0) is 6.54 Å². The summed E-state index contributed by atoms with van der Waals surface area (Å²) in [4.78, 5) is 0. The molecule has 3 nitrogen and oxygen atoms in total. The summed E-state index contributed by atoms with van der Waals surface area (Å²) in [5.74, 6) is 0.747. The largest absolute Gasteiger partial charge is 0.384 e. The lowest BCUT2D eigenvalue weighted by molar-refractivity contribution is 0.611. The molecule has 9 heavy (non-hydrogen) atoms. The summed E-state index contributed by atoms with van der Waals surface area (Å²) in [7, 11) is 0. The first-order valence-corrected chi connectivity index (χ1v) is 3.12. The van der Waals surface area contributed by atoms with Crippen molar-refractivity contribution in [1.82, 2.24) is 9.78 Å². The standard InChI is InChI=1S/C6H11N3/c1-2-5-9-6(7)3-4-8-9/h3-4H,2,5,7H2,1H3. The maximum atomic E-state index is 5.53. The Morgan fingerprint density at radius 1 is 1.78 bits per heavy atom. The average molecular weight is 125 g/mol. The molecule has 1 heterocycles. The van der Waals surface area contributed by atoms with Crippen LogP contribution in [0.25, 0.3) is 0 Å². The lowest BCUT2D eigenvalue weighted by atomic mass is 10.5. The van der Waals surface area contributed by atoms with Crippen molar-refractivity contribution < 1.29 is 0 Å². The molecular formula is C6H11N3. The van der Waals surface area contributed by atoms with Crippen molar-refractivity contribution in [2.45, 2.75) is 19.9 Å². The van der Waals surface area contributed by atoms with Crippen molar-refractivity contribution in [3.63, 3.8) is 0 Å². The second-order valence-corrected chi connectivity index (χ2v) is 1.98. The Bertz CT molecular complexity index is 180. The van der Waals surface area contributed by atoms with E-state index in [9.17, 15) is 0 Å². The maximum absolute atomic E-state index is 5.53. The lowest BCUT2D eigenvalue weighted by Crippen LogP contribution is -2.02. The van der Waals surface area contributed by atoms with Gasteiger partial charge in [-0.15, -0.1) is 0 Å². The Morgan fingerprint density at radius 2 is 2.56 bits per heavy atom. The van der Waals surface area contributed by atoms with Crippen LogP contribution in [-0.4, -0.2) is 9.78 Å². The highest BCUT2D eigenvalue weighted by Crippen LogP contribution is 1.99. The summed E-state index contributed by atoms with van der Waals surface area (Å²) in [5.41, 5.74) is 5.53. The molecule has 0 aromatic carbocycles. The molecule has 0 fully saturated rings. The first-order chi connectivity index (χ1) is 4.34. The van der Waals surface area contributed by atoms with E-state index >= 15 is 0 Å². The smallest absolute Gasteiger partial charge is 0.121 e. The molecule has 0 saturated heterocycles. The molecule has 50 valence electrons. The normalized spacial score (nSPS) is 9.89. The molecule has 1 rings (SSSR count). The van der Waals surface area contributed by atoms with Crippen LogP contribution >= 0.6 is 0 Å². The van der Waals surface area contributed by atoms with Crippen molar-refractivity contribution in [1.29, 1.82) is 0 Å². The Labute approximate surface area is 54.5 Å². The van der Waals surface area contributed by atoms with E-state index in [0.29, 0.717) is 0 Å². The zero-order valence-corrected chi connectivity index (χ0v) is 5.54. The molecule has 0 saturated carbocycles. The molecule has 0 bridgehead atoms. The van der Waals surface area contributed by atoms with Gasteiger partial charge < -0.3 is 5.73 Å². The fourth-order valence-corrected chi connectivity index (χ4v) is 0.742. The Kier molecular flexibility index (Phi) is 1.72. The predicted octanol–water partition coefficient (Wildman–Crippen LogP) is 0.875. The van der Waals surface area contributed by atoms with Gasteiger partial charge in [-0.1, -0.05) is 6.92 Å². The Hall–Kier alpha value is -0.990. The minimum Gasteiger partial charge on any atom is -0.384 e. The molecule has 1 aromatic rings. The molecule has 0 aliphatic carbocycles. The number of nitrogens with two attached hydrogens (primary N) is 1. The molecule has 1 aromatic heterocycles. The van der Waals surface area contributed by atoms with Crippen molar-refractivity contribution in [2.75, 3.05) is 5.73 Å². The zero-order chi connectivity index (χ0) is 6.69. The second-order valence-electron chi connectivity index (χ2n) is 1.98. The topological polar surface area (TPSA) is 43.8 Å². The van der Waals surface area contributed by atoms with Gasteiger partial charge >= 0.3 is 0 Å². The first-order valence-electron chi connectivity index (χ1n) is 3.12. The van der Waals surface area contributed by atoms with Gasteiger partial charge in [0.1, 0.15) is 5.82 Å². The monoisotopic (exact) mass is 125 g/mol. The van der Waals surface area contributed by atoms with Crippen molar-refractivity contribution >= 4 is 5.82 Å². The Balaban J connectivity index is 2.69. The zero-order valence-electron chi connectivity index (χ0n) is 5.54. The van der Waals surface area contributed by atoms with Crippen molar-refractivity contribution in [3.05, 3.63) is 12.3 Å². The van der Waals surface area contributed by atoms with Gasteiger partial charge in [-0.05, 0) is 12.5 Å². The number of aromatic nitrogens is 2. The second kappa shape index (κ2) is 2.53. The summed E-state index contributed by atoms with van der Waals surface area (Å²) in [6.07, 6.45) is 2.79. The summed E-state index contributed by atoms with van der Waals surface area (Å²) >= 11 is 0. The SMILES string of the molecule is CCCn1nccc1N. The average Bonchev–Trinajstić information content (AvgIpc) is 2.18. The van der Waals surface area contributed by atoms with Crippen LogP contribution in [0.2, 0.25) is 0 Å². The molecule has 3 heteroatoms. The van der Waals surface area contributed by atoms with Crippen LogP contribution in [0.1, 0.15) is 13.3 Å². The van der Waals surface area contributed by atoms with Crippen molar-refractivity contribution in [2.24, 2.45) is 0 Å². The summed E-state index contributed by atoms with van der Waals surface area (Å²) in [6.45, 7) is 3.01. The van der Waals surface area contributed by atoms with Gasteiger partial charge in [0.15, 0.2) is 0 Å². The quantitative estimate of drug-likeness (QED) is 0.637. The number of nitrogen functional groups attached to an aromatic ring is 1. The number of anilines is 1. The van der Waals surface area contributed by atoms with E-state index in [1.165, 1.54) is 0 Å². The Morgan fingerprint density at radius 3 is 3.00 bits per heavy atom. The van der Waals surface area contributed by atoms with Crippen LogP contribution in [0.4, 0.5) is 5.82 Å². The minimum absolute atomic E-state index is 0.747. The molecule has 0 atom stereocenters. The third-order valence-electron chi connectivity index (χ3n) is 1.18. The van der Waals surface area contributed by atoms with Gasteiger partial charge in [0.2, 0.25) is 0 Å². The molecule has 0 unspecified atom stereocenters. The van der Waals surface area contributed by atoms with E-state index < -0.39 is 0 Å². The molecular weight excluding hydrogens is 114 g/mol. The van der Waals surface area contributed by atoms with Gasteiger partial charge in [0.05, 0.1) is 6.20 Å². The fourth-order valence-electron chi connectivity index (χ4n) is 0.742. The highest BCUT2D eigenvalue weighted by molar-refractivity contribution is 5.25. The van der Waals surface area contributed by atoms with Gasteiger partial charge in [0, 0.05) is 6.54 Å². The highest BCUT2D eigenvalue weighted by Gasteiger charge is 1.92. The summed E-state index contributed by atoms with van der Waals surface area (Å²) in [5, 5.41) is 4.00. The van der Waals surface area contributed by atoms with E-state index in [4.69, 9.17) is 5.73 Å². The fraction of sp³-hybridized carbons (Fsp3) is 0.500. The summed E-state index contributed by atoms with van der Waals surface area (Å²) in [6, 6.07) is 1.80. The maximum Gasteiger partial charge on any atom is 0.121 e. The lowest BCUT2D eigenvalue weighted by Gasteiger charge is -1.98. The van der Waals surface area contributed by atoms with E-state index in [-0.39, 0.29) is 0 Å². The van der Waals surface area contributed by atoms with Crippen LogP contribution in [0.5, 0.6) is 0 Å². The van der Waals surface area contributed by atoms with E-state index in [0.717, 1.165) is 18.8 Å². The van der Waals surface area contributed by atoms with E-state index in [2.05, 4.69) is 12.0 Å². The first kappa shape index (κ1) is 6.13. The molecule has 2 N–H and O–H groups in total. The number of rotatable bonds is 2. The van der Waals surface area contributed by atoms with E-state index in [1.54, 1.807) is 16.9 Å². The van der Waals surface area contributed by atoms with Gasteiger partial charge in [-0.2, -0.15) is 5.10 Å². The van der Waals surface area contributed by atoms with Gasteiger partial charge in [0.25, 0.3) is 0 Å². The highest BCUT2D eigenvalue weighted by atomic mass is 15.3. The van der Waals surface area contributed by atoms with Crippen LogP contribution in [0.3, 0.4) is 0 Å². The number of hydrogen-bond donors (Lipinski definition) is 1. The van der Waals surface area contributed by atoms with Gasteiger partial charge in [-0.3, -0.25) is 4.68 Å². The third-order valence-corrected chi connectivity index (χ3v) is 1.18. The van der Waals surface area contributed by atoms with Gasteiger partial charge in [-0.25, -0.2) is 0 Å². The molecule has 0 spiro atoms. The molecule has 0 radical (unpaired) electrons.